The fourth-order valence-electron chi connectivity index (χ4n) is 0.570. The number of imidazole rings is 1. The van der Waals surface area contributed by atoms with Crippen molar-refractivity contribution >= 4 is 22.7 Å². The Balaban J connectivity index is 3.16. The zero-order valence-electron chi connectivity index (χ0n) is 5.07. The lowest BCUT2D eigenvalue weighted by Gasteiger charge is -1.89. The van der Waals surface area contributed by atoms with Crippen molar-refractivity contribution in [3.05, 3.63) is 22.1 Å². The molecule has 0 bridgehead atoms. The Kier molecular flexibility index (Phi) is 1.86. The van der Waals surface area contributed by atoms with Crippen molar-refractivity contribution in [3.8, 4) is 0 Å². The van der Waals surface area contributed by atoms with Gasteiger partial charge in [-0.1, -0.05) is 0 Å². The van der Waals surface area contributed by atoms with Crippen molar-refractivity contribution in [2.75, 3.05) is 0 Å². The fourth-order valence-corrected chi connectivity index (χ4v) is 0.709. The highest BCUT2D eigenvalue weighted by molar-refractivity contribution is 6.67. The molecule has 0 radical (unpaired) electrons. The van der Waals surface area contributed by atoms with Crippen LogP contribution in [0.1, 0.15) is 10.5 Å². The van der Waals surface area contributed by atoms with E-state index in [1.807, 2.05) is 0 Å². The van der Waals surface area contributed by atoms with Crippen molar-refractivity contribution in [1.29, 1.82) is 0 Å². The van der Waals surface area contributed by atoms with E-state index in [1.54, 1.807) is 0 Å². The van der Waals surface area contributed by atoms with Crippen LogP contribution in [0.5, 0.6) is 0 Å². The second-order valence-electron chi connectivity index (χ2n) is 1.63. The predicted octanol–water partition coefficient (Wildman–Crippen LogP) is 0.697. The molecule has 58 valence electrons. The summed E-state index contributed by atoms with van der Waals surface area (Å²) in [5, 5.41) is 9.16. The molecule has 0 spiro atoms. The Bertz CT molecular complexity index is 279. The molecule has 0 aromatic carbocycles. The van der Waals surface area contributed by atoms with Crippen molar-refractivity contribution in [2.45, 2.75) is 0 Å². The molecular weight excluding hydrogens is 174 g/mol. The number of nitrogens with one attached hydrogen (secondary N) is 1. The van der Waals surface area contributed by atoms with Crippen LogP contribution in [0, 0.1) is 10.1 Å². The van der Waals surface area contributed by atoms with Crippen LogP contribution < -0.4 is 0 Å². The lowest BCUT2D eigenvalue weighted by molar-refractivity contribution is -0.389. The van der Waals surface area contributed by atoms with Gasteiger partial charge in [-0.15, -0.1) is 0 Å². The van der Waals surface area contributed by atoms with E-state index in [-0.39, 0.29) is 5.69 Å². The Morgan fingerprint density at radius 3 is 2.82 bits per heavy atom. The molecule has 1 N–H and O–H groups in total. The molecule has 0 aliphatic heterocycles. The summed E-state index contributed by atoms with van der Waals surface area (Å²) in [6, 6.07) is 0. The van der Waals surface area contributed by atoms with Gasteiger partial charge in [-0.3, -0.25) is 4.79 Å². The highest BCUT2D eigenvalue weighted by atomic mass is 35.5. The average molecular weight is 176 g/mol. The summed E-state index contributed by atoms with van der Waals surface area (Å²) in [6.45, 7) is 0. The molecule has 0 saturated carbocycles. The molecule has 0 atom stereocenters. The van der Waals surface area contributed by atoms with Crippen LogP contribution in [-0.4, -0.2) is 20.1 Å². The van der Waals surface area contributed by atoms with E-state index in [9.17, 15) is 14.9 Å². The first kappa shape index (κ1) is 7.67. The Morgan fingerprint density at radius 2 is 2.45 bits per heavy atom. The Morgan fingerprint density at radius 1 is 1.82 bits per heavy atom. The van der Waals surface area contributed by atoms with Crippen LogP contribution in [0.15, 0.2) is 6.33 Å². The van der Waals surface area contributed by atoms with Crippen LogP contribution in [0.2, 0.25) is 0 Å². The number of nitro groups is 1. The number of aromatic nitrogens is 2. The van der Waals surface area contributed by atoms with Gasteiger partial charge in [0.15, 0.2) is 6.33 Å². The summed E-state index contributed by atoms with van der Waals surface area (Å²) in [5.74, 6) is -0.481. The first-order valence-electron chi connectivity index (χ1n) is 2.50. The minimum Gasteiger partial charge on any atom is -0.358 e. The van der Waals surface area contributed by atoms with E-state index >= 15 is 0 Å². The second kappa shape index (κ2) is 2.67. The van der Waals surface area contributed by atoms with Gasteiger partial charge in [0.25, 0.3) is 5.24 Å². The predicted molar refractivity (Wildman–Crippen MR) is 35.4 cm³/mol. The fraction of sp³-hybridized carbons (Fsp3) is 0. The van der Waals surface area contributed by atoms with Gasteiger partial charge in [0.05, 0.1) is 0 Å². The van der Waals surface area contributed by atoms with Crippen molar-refractivity contribution in [3.63, 3.8) is 0 Å². The molecule has 0 unspecified atom stereocenters. The molecule has 0 saturated heterocycles. The smallest absolute Gasteiger partial charge is 0.352 e. The molecule has 0 aliphatic rings. The molecule has 1 heterocycles. The normalized spacial score (nSPS) is 9.55. The summed E-state index contributed by atoms with van der Waals surface area (Å²) in [4.78, 5) is 25.3. The minimum absolute atomic E-state index is 0.364. The number of hydrogen-bond acceptors (Lipinski definition) is 4. The van der Waals surface area contributed by atoms with E-state index in [0.717, 1.165) is 6.33 Å². The quantitative estimate of drug-likeness (QED) is 0.407. The van der Waals surface area contributed by atoms with Crippen LogP contribution in [-0.2, 0) is 0 Å². The summed E-state index contributed by atoms with van der Waals surface area (Å²) in [7, 11) is 0. The molecule has 0 amide bonds. The number of aromatic amines is 1. The summed E-state index contributed by atoms with van der Waals surface area (Å²) in [5.41, 5.74) is -0.364. The molecular formula is C4H2ClN3O3. The van der Waals surface area contributed by atoms with Gasteiger partial charge in [0.2, 0.25) is 5.69 Å². The van der Waals surface area contributed by atoms with Gasteiger partial charge in [0, 0.05) is 0 Å². The molecule has 7 heteroatoms. The third-order valence-electron chi connectivity index (χ3n) is 0.988. The van der Waals surface area contributed by atoms with Crippen molar-refractivity contribution in [2.24, 2.45) is 0 Å². The van der Waals surface area contributed by atoms with Gasteiger partial charge in [0.1, 0.15) is 0 Å². The van der Waals surface area contributed by atoms with E-state index in [0.29, 0.717) is 0 Å². The molecule has 1 aromatic rings. The van der Waals surface area contributed by atoms with Gasteiger partial charge in [-0.05, 0) is 16.5 Å². The first-order valence-corrected chi connectivity index (χ1v) is 2.88. The Labute approximate surface area is 65.3 Å². The molecule has 0 fully saturated rings. The Hall–Kier alpha value is -1.43. The van der Waals surface area contributed by atoms with Gasteiger partial charge in [-0.25, -0.2) is 9.97 Å². The minimum atomic E-state index is -0.946. The second-order valence-corrected chi connectivity index (χ2v) is 1.97. The number of hydrogen-bond donors (Lipinski definition) is 1. The number of nitrogens with zero attached hydrogens (tertiary/aromatic N) is 2. The largest absolute Gasteiger partial charge is 0.358 e. The van der Waals surface area contributed by atoms with E-state index < -0.39 is 16.0 Å². The molecule has 0 aliphatic carbocycles. The van der Waals surface area contributed by atoms with Crippen LogP contribution in [0.3, 0.4) is 0 Å². The first-order chi connectivity index (χ1) is 5.13. The van der Waals surface area contributed by atoms with Gasteiger partial charge >= 0.3 is 5.82 Å². The van der Waals surface area contributed by atoms with Crippen LogP contribution in [0.25, 0.3) is 0 Å². The lowest BCUT2D eigenvalue weighted by Crippen LogP contribution is -1.96. The van der Waals surface area contributed by atoms with Crippen LogP contribution in [0.4, 0.5) is 5.82 Å². The number of halogens is 1. The van der Waals surface area contributed by atoms with E-state index in [2.05, 4.69) is 9.97 Å². The van der Waals surface area contributed by atoms with Crippen molar-refractivity contribution in [1.82, 2.24) is 9.97 Å². The molecule has 11 heavy (non-hydrogen) atoms. The maximum absolute atomic E-state index is 10.4. The summed E-state index contributed by atoms with van der Waals surface area (Å²) < 4.78 is 0. The highest BCUT2D eigenvalue weighted by Gasteiger charge is 2.20. The number of rotatable bonds is 2. The summed E-state index contributed by atoms with van der Waals surface area (Å²) >= 11 is 4.97. The zero-order chi connectivity index (χ0) is 8.43. The number of H-pyrrole nitrogens is 1. The molecule has 6 nitrogen and oxygen atoms in total. The van der Waals surface area contributed by atoms with Crippen molar-refractivity contribution < 1.29 is 9.72 Å². The maximum Gasteiger partial charge on any atom is 0.352 e. The lowest BCUT2D eigenvalue weighted by atomic mass is 10.5. The number of carbonyl (C=O) groups excluding carboxylic acids is 1. The monoisotopic (exact) mass is 175 g/mol. The van der Waals surface area contributed by atoms with Crippen LogP contribution >= 0.6 is 11.6 Å². The zero-order valence-corrected chi connectivity index (χ0v) is 5.83. The maximum atomic E-state index is 10.4. The number of carbonyl (C=O) groups is 1. The topological polar surface area (TPSA) is 88.9 Å². The van der Waals surface area contributed by atoms with E-state index in [4.69, 9.17) is 11.6 Å². The molecule has 1 rings (SSSR count). The SMILES string of the molecule is O=C(Cl)c1nc[nH]c1[N+](=O)[O-]. The standard InChI is InChI=1S/C4H2ClN3O3/c5-3(9)2-4(8(10)11)7-1-6-2/h1H,(H,6,7). The molecule has 1 aromatic heterocycles. The van der Waals surface area contributed by atoms with E-state index in [1.165, 1.54) is 0 Å². The summed E-state index contributed by atoms with van der Waals surface area (Å²) in [6.07, 6.45) is 1.04. The average Bonchev–Trinajstić information content (AvgIpc) is 2.32. The third-order valence-corrected chi connectivity index (χ3v) is 1.17. The highest BCUT2D eigenvalue weighted by Crippen LogP contribution is 2.13. The van der Waals surface area contributed by atoms with Gasteiger partial charge < -0.3 is 10.1 Å². The third kappa shape index (κ3) is 1.35. The van der Waals surface area contributed by atoms with Gasteiger partial charge in [-0.2, -0.15) is 0 Å².